The Bertz CT molecular complexity index is 380. The molecule has 0 aliphatic heterocycles. The van der Waals surface area contributed by atoms with Crippen molar-refractivity contribution in [3.05, 3.63) is 17.2 Å². The number of nitriles is 1. The molecular formula is C8H8ClN3O2. The zero-order valence-corrected chi connectivity index (χ0v) is 8.03. The van der Waals surface area contributed by atoms with E-state index in [1.54, 1.807) is 0 Å². The van der Waals surface area contributed by atoms with Crippen molar-refractivity contribution >= 4 is 17.6 Å². The summed E-state index contributed by atoms with van der Waals surface area (Å²) in [5, 5.41) is 17.2. The van der Waals surface area contributed by atoms with Crippen LogP contribution in [0, 0.1) is 11.3 Å². The lowest BCUT2D eigenvalue weighted by molar-refractivity contribution is -0.137. The molecule has 74 valence electrons. The molecular weight excluding hydrogens is 206 g/mol. The average molecular weight is 214 g/mol. The molecule has 1 aromatic rings. The first-order valence-electron chi connectivity index (χ1n) is 3.93. The van der Waals surface area contributed by atoms with Gasteiger partial charge in [0.05, 0.1) is 30.8 Å². The Labute approximate surface area is 85.5 Å². The summed E-state index contributed by atoms with van der Waals surface area (Å²) in [6.07, 6.45) is 1.63. The highest BCUT2D eigenvalue weighted by molar-refractivity contribution is 6.28. The summed E-state index contributed by atoms with van der Waals surface area (Å²) in [5.74, 6) is -0.905. The summed E-state index contributed by atoms with van der Waals surface area (Å²) in [7, 11) is 0. The fourth-order valence-corrected chi connectivity index (χ4v) is 1.29. The number of rotatable bonds is 4. The van der Waals surface area contributed by atoms with Gasteiger partial charge in [-0.05, 0) is 11.6 Å². The van der Waals surface area contributed by atoms with Gasteiger partial charge in [0.25, 0.3) is 0 Å². The topological polar surface area (TPSA) is 78.9 Å². The highest BCUT2D eigenvalue weighted by Gasteiger charge is 2.08. The second kappa shape index (κ2) is 4.63. The molecule has 0 amide bonds. The third-order valence-electron chi connectivity index (χ3n) is 1.70. The number of aromatic nitrogens is 2. The number of hydrogen-bond donors (Lipinski definition) is 1. The highest BCUT2D eigenvalue weighted by atomic mass is 35.5. The molecule has 0 unspecified atom stereocenters. The van der Waals surface area contributed by atoms with Crippen LogP contribution in [0.3, 0.4) is 0 Å². The highest BCUT2D eigenvalue weighted by Crippen LogP contribution is 2.12. The van der Waals surface area contributed by atoms with Gasteiger partial charge in [-0.3, -0.25) is 4.79 Å². The Hall–Kier alpha value is -1.54. The lowest BCUT2D eigenvalue weighted by atomic mass is 10.3. The van der Waals surface area contributed by atoms with E-state index in [1.807, 2.05) is 6.07 Å². The third kappa shape index (κ3) is 2.47. The summed E-state index contributed by atoms with van der Waals surface area (Å²) in [6.45, 7) is 0.241. The number of hydrogen-bond acceptors (Lipinski definition) is 3. The lowest BCUT2D eigenvalue weighted by Crippen LogP contribution is -2.07. The van der Waals surface area contributed by atoms with Gasteiger partial charge in [0.15, 0.2) is 0 Å². The van der Waals surface area contributed by atoms with E-state index in [-0.39, 0.29) is 24.7 Å². The predicted molar refractivity (Wildman–Crippen MR) is 48.8 cm³/mol. The van der Waals surface area contributed by atoms with Gasteiger partial charge in [0, 0.05) is 6.54 Å². The van der Waals surface area contributed by atoms with Crippen LogP contribution in [0.5, 0.6) is 0 Å². The average Bonchev–Trinajstić information content (AvgIpc) is 2.45. The fraction of sp³-hybridized carbons (Fsp3) is 0.375. The summed E-state index contributed by atoms with van der Waals surface area (Å²) < 4.78 is 1.53. The molecule has 5 nitrogen and oxygen atoms in total. The molecule has 0 fully saturated rings. The van der Waals surface area contributed by atoms with Gasteiger partial charge >= 0.3 is 5.97 Å². The zero-order chi connectivity index (χ0) is 10.6. The van der Waals surface area contributed by atoms with Crippen molar-refractivity contribution < 1.29 is 9.90 Å². The standard InChI is InChI=1S/C8H8ClN3O2/c9-8-11-5-6(1-3-10)12(8)4-2-7(13)14/h5H,1-2,4H2,(H,13,14). The minimum Gasteiger partial charge on any atom is -0.481 e. The first-order chi connectivity index (χ1) is 6.65. The van der Waals surface area contributed by atoms with Crippen LogP contribution in [0.15, 0.2) is 6.20 Å². The Morgan fingerprint density at radius 1 is 1.79 bits per heavy atom. The van der Waals surface area contributed by atoms with Gasteiger partial charge < -0.3 is 9.67 Å². The van der Waals surface area contributed by atoms with Gasteiger partial charge in [0.1, 0.15) is 0 Å². The van der Waals surface area contributed by atoms with Crippen LogP contribution in [0.1, 0.15) is 12.1 Å². The molecule has 0 radical (unpaired) electrons. The van der Waals surface area contributed by atoms with Crippen molar-refractivity contribution in [2.24, 2.45) is 0 Å². The van der Waals surface area contributed by atoms with Gasteiger partial charge in [0.2, 0.25) is 5.28 Å². The van der Waals surface area contributed by atoms with Crippen LogP contribution in [0.4, 0.5) is 0 Å². The summed E-state index contributed by atoms with van der Waals surface area (Å²) in [5.41, 5.74) is 0.638. The second-order valence-electron chi connectivity index (χ2n) is 2.65. The number of carboxylic acids is 1. The van der Waals surface area contributed by atoms with Gasteiger partial charge in [-0.1, -0.05) is 0 Å². The first kappa shape index (κ1) is 10.5. The summed E-state index contributed by atoms with van der Waals surface area (Å²) in [6, 6.07) is 1.96. The molecule has 0 saturated carbocycles. The monoisotopic (exact) mass is 213 g/mol. The molecule has 0 aromatic carbocycles. The van der Waals surface area contributed by atoms with Crippen LogP contribution < -0.4 is 0 Å². The van der Waals surface area contributed by atoms with Crippen molar-refractivity contribution in [3.8, 4) is 6.07 Å². The first-order valence-corrected chi connectivity index (χ1v) is 4.31. The van der Waals surface area contributed by atoms with Gasteiger partial charge in [-0.15, -0.1) is 0 Å². The molecule has 0 spiro atoms. The van der Waals surface area contributed by atoms with Crippen molar-refractivity contribution in [2.75, 3.05) is 0 Å². The number of carboxylic acid groups (broad SMARTS) is 1. The Balaban J connectivity index is 2.78. The van der Waals surface area contributed by atoms with E-state index in [2.05, 4.69) is 4.98 Å². The van der Waals surface area contributed by atoms with E-state index < -0.39 is 5.97 Å². The molecule has 14 heavy (non-hydrogen) atoms. The Morgan fingerprint density at radius 2 is 2.50 bits per heavy atom. The van der Waals surface area contributed by atoms with E-state index in [0.717, 1.165) is 0 Å². The zero-order valence-electron chi connectivity index (χ0n) is 7.27. The molecule has 0 aliphatic carbocycles. The van der Waals surface area contributed by atoms with Crippen molar-refractivity contribution in [1.82, 2.24) is 9.55 Å². The van der Waals surface area contributed by atoms with Crippen LogP contribution in [-0.4, -0.2) is 20.6 Å². The van der Waals surface area contributed by atoms with Gasteiger partial charge in [-0.25, -0.2) is 4.98 Å². The maximum Gasteiger partial charge on any atom is 0.305 e. The Morgan fingerprint density at radius 3 is 3.07 bits per heavy atom. The van der Waals surface area contributed by atoms with Crippen LogP contribution in [-0.2, 0) is 17.8 Å². The van der Waals surface area contributed by atoms with E-state index in [4.69, 9.17) is 22.0 Å². The number of carbonyl (C=O) groups is 1. The molecule has 1 N–H and O–H groups in total. The normalized spacial score (nSPS) is 9.71. The molecule has 0 saturated heterocycles. The smallest absolute Gasteiger partial charge is 0.305 e. The minimum absolute atomic E-state index is 0.0332. The minimum atomic E-state index is -0.905. The predicted octanol–water partition coefficient (Wildman–Crippen LogP) is 1.08. The van der Waals surface area contributed by atoms with Crippen molar-refractivity contribution in [2.45, 2.75) is 19.4 Å². The molecule has 0 aliphatic rings. The maximum atomic E-state index is 10.3. The molecule has 0 bridgehead atoms. The van der Waals surface area contributed by atoms with Crippen molar-refractivity contribution in [3.63, 3.8) is 0 Å². The fourth-order valence-electron chi connectivity index (χ4n) is 1.05. The number of aliphatic carboxylic acids is 1. The SMILES string of the molecule is N#CCc1cnc(Cl)n1CCC(=O)O. The molecule has 0 atom stereocenters. The molecule has 1 heterocycles. The number of halogens is 1. The molecule has 6 heteroatoms. The number of imidazole rings is 1. The molecule has 1 aromatic heterocycles. The molecule has 1 rings (SSSR count). The third-order valence-corrected chi connectivity index (χ3v) is 2.00. The van der Waals surface area contributed by atoms with E-state index in [1.165, 1.54) is 10.8 Å². The maximum absolute atomic E-state index is 10.3. The lowest BCUT2D eigenvalue weighted by Gasteiger charge is -2.04. The number of nitrogens with zero attached hydrogens (tertiary/aromatic N) is 3. The van der Waals surface area contributed by atoms with Crippen LogP contribution >= 0.6 is 11.6 Å². The van der Waals surface area contributed by atoms with Crippen LogP contribution in [0.2, 0.25) is 5.28 Å². The second-order valence-corrected chi connectivity index (χ2v) is 2.99. The quantitative estimate of drug-likeness (QED) is 0.812. The van der Waals surface area contributed by atoms with Gasteiger partial charge in [-0.2, -0.15) is 5.26 Å². The Kier molecular flexibility index (Phi) is 3.48. The summed E-state index contributed by atoms with van der Waals surface area (Å²) in [4.78, 5) is 14.1. The van der Waals surface area contributed by atoms with E-state index in [9.17, 15) is 4.79 Å². The van der Waals surface area contributed by atoms with Crippen LogP contribution in [0.25, 0.3) is 0 Å². The largest absolute Gasteiger partial charge is 0.481 e. The van der Waals surface area contributed by atoms with Crippen molar-refractivity contribution in [1.29, 1.82) is 5.26 Å². The van der Waals surface area contributed by atoms with E-state index in [0.29, 0.717) is 5.69 Å². The van der Waals surface area contributed by atoms with E-state index >= 15 is 0 Å². The summed E-state index contributed by atoms with van der Waals surface area (Å²) >= 11 is 5.71.